The highest BCUT2D eigenvalue weighted by atomic mass is 35.5. The largest absolute Gasteiger partial charge is 0.340 e. The second kappa shape index (κ2) is 10.5. The van der Waals surface area contributed by atoms with Crippen LogP contribution in [0.25, 0.3) is 0 Å². The molecular weight excluding hydrogens is 444 g/mol. The Morgan fingerprint density at radius 1 is 1.09 bits per heavy atom. The molecule has 0 saturated carbocycles. The Balaban J connectivity index is 1.28. The summed E-state index contributed by atoms with van der Waals surface area (Å²) in [5.74, 6) is -0.0466. The van der Waals surface area contributed by atoms with Gasteiger partial charge < -0.3 is 10.2 Å². The number of piperazine rings is 1. The van der Waals surface area contributed by atoms with E-state index in [-0.39, 0.29) is 18.4 Å². The van der Waals surface area contributed by atoms with Crippen molar-refractivity contribution < 1.29 is 9.59 Å². The summed E-state index contributed by atoms with van der Waals surface area (Å²) in [6.07, 6.45) is 5.65. The van der Waals surface area contributed by atoms with Crippen LogP contribution in [0.5, 0.6) is 0 Å². The molecule has 2 aromatic rings. The fourth-order valence-corrected chi connectivity index (χ4v) is 5.85. The van der Waals surface area contributed by atoms with Gasteiger partial charge in [-0.2, -0.15) is 5.26 Å². The lowest BCUT2D eigenvalue weighted by Crippen LogP contribution is -2.50. The molecule has 4 rings (SSSR count). The van der Waals surface area contributed by atoms with Gasteiger partial charge in [0.05, 0.1) is 18.5 Å². The van der Waals surface area contributed by atoms with Crippen molar-refractivity contribution in [1.29, 1.82) is 5.26 Å². The quantitative estimate of drug-likeness (QED) is 0.673. The first-order chi connectivity index (χ1) is 15.5. The first-order valence-corrected chi connectivity index (χ1v) is 12.3. The fourth-order valence-electron chi connectivity index (χ4n) is 4.39. The number of hydrogen-bond donors (Lipinski definition) is 1. The van der Waals surface area contributed by atoms with Crippen molar-refractivity contribution in [2.24, 2.45) is 0 Å². The minimum atomic E-state index is -0.103. The molecule has 1 aromatic heterocycles. The molecule has 1 N–H and O–H groups in total. The third-order valence-electron chi connectivity index (χ3n) is 6.18. The number of hydrogen-bond acceptors (Lipinski definition) is 5. The monoisotopic (exact) mass is 470 g/mol. The second-order valence-corrected chi connectivity index (χ2v) is 9.87. The molecular formula is C24H27ClN4O2S. The Kier molecular flexibility index (Phi) is 7.46. The van der Waals surface area contributed by atoms with Crippen molar-refractivity contribution in [2.45, 2.75) is 38.5 Å². The number of benzene rings is 1. The summed E-state index contributed by atoms with van der Waals surface area (Å²) in [5, 5.41) is 13.9. The first-order valence-electron chi connectivity index (χ1n) is 11.1. The predicted octanol–water partition coefficient (Wildman–Crippen LogP) is 3.87. The Hall–Kier alpha value is -2.40. The standard InChI is InChI=1S/C24H27ClN4O2S/c25-20-8-5-4-6-17(20)14-23(31)29-12-10-28(11-13-29)16-22(30)27-24-19(15-26)18-7-2-1-3-9-21(18)32-24/h4-6,8H,1-3,7,9-14,16H2,(H,27,30). The molecule has 0 atom stereocenters. The van der Waals surface area contributed by atoms with Gasteiger partial charge in [0.25, 0.3) is 0 Å². The average molecular weight is 471 g/mol. The Morgan fingerprint density at radius 2 is 1.84 bits per heavy atom. The number of nitrogens with one attached hydrogen (secondary N) is 1. The molecule has 0 radical (unpaired) electrons. The lowest BCUT2D eigenvalue weighted by molar-refractivity contribution is -0.132. The van der Waals surface area contributed by atoms with E-state index in [1.54, 1.807) is 17.4 Å². The van der Waals surface area contributed by atoms with Crippen molar-refractivity contribution in [1.82, 2.24) is 9.80 Å². The number of rotatable bonds is 5. The summed E-state index contributed by atoms with van der Waals surface area (Å²) in [7, 11) is 0. The fraction of sp³-hybridized carbons (Fsp3) is 0.458. The second-order valence-electron chi connectivity index (χ2n) is 8.35. The summed E-state index contributed by atoms with van der Waals surface area (Å²) in [6.45, 7) is 2.74. The third-order valence-corrected chi connectivity index (χ3v) is 7.75. The van der Waals surface area contributed by atoms with E-state index >= 15 is 0 Å². The van der Waals surface area contributed by atoms with Crippen LogP contribution in [0.2, 0.25) is 5.02 Å². The van der Waals surface area contributed by atoms with Crippen LogP contribution in [0.1, 0.15) is 40.8 Å². The van der Waals surface area contributed by atoms with Gasteiger partial charge in [-0.15, -0.1) is 11.3 Å². The molecule has 6 nitrogen and oxygen atoms in total. The third kappa shape index (κ3) is 5.32. The predicted molar refractivity (Wildman–Crippen MR) is 127 cm³/mol. The Labute approximate surface area is 197 Å². The van der Waals surface area contributed by atoms with E-state index in [4.69, 9.17) is 11.6 Å². The zero-order chi connectivity index (χ0) is 22.5. The molecule has 32 heavy (non-hydrogen) atoms. The number of nitrogens with zero attached hydrogens (tertiary/aromatic N) is 3. The van der Waals surface area contributed by atoms with Gasteiger partial charge in [0.15, 0.2) is 0 Å². The summed E-state index contributed by atoms with van der Waals surface area (Å²) in [6, 6.07) is 9.72. The van der Waals surface area contributed by atoms with Gasteiger partial charge in [0.2, 0.25) is 11.8 Å². The number of aryl methyl sites for hydroxylation is 1. The minimum Gasteiger partial charge on any atom is -0.340 e. The van der Waals surface area contributed by atoms with E-state index in [2.05, 4.69) is 16.3 Å². The molecule has 1 fully saturated rings. The van der Waals surface area contributed by atoms with Crippen LogP contribution in [-0.2, 0) is 28.9 Å². The SMILES string of the molecule is N#Cc1c(NC(=O)CN2CCN(C(=O)Cc3ccccc3Cl)CC2)sc2c1CCCCC2. The molecule has 1 saturated heterocycles. The number of anilines is 1. The molecule has 2 aliphatic rings. The van der Waals surface area contributed by atoms with Crippen LogP contribution in [0, 0.1) is 11.3 Å². The summed E-state index contributed by atoms with van der Waals surface area (Å²) >= 11 is 7.73. The average Bonchev–Trinajstić information content (AvgIpc) is 2.94. The molecule has 1 aliphatic heterocycles. The molecule has 0 bridgehead atoms. The van der Waals surface area contributed by atoms with Crippen molar-refractivity contribution in [2.75, 3.05) is 38.0 Å². The van der Waals surface area contributed by atoms with Gasteiger partial charge in [-0.1, -0.05) is 36.2 Å². The molecule has 2 amide bonds. The van der Waals surface area contributed by atoms with Gasteiger partial charge in [0, 0.05) is 36.1 Å². The molecule has 168 valence electrons. The Morgan fingerprint density at radius 3 is 2.59 bits per heavy atom. The van der Waals surface area contributed by atoms with Crippen LogP contribution in [0.3, 0.4) is 0 Å². The number of halogens is 1. The topological polar surface area (TPSA) is 76.4 Å². The first kappa shape index (κ1) is 22.8. The number of carbonyl (C=O) groups excluding carboxylic acids is 2. The smallest absolute Gasteiger partial charge is 0.239 e. The molecule has 2 heterocycles. The lowest BCUT2D eigenvalue weighted by atomic mass is 10.1. The van der Waals surface area contributed by atoms with Crippen molar-refractivity contribution in [3.05, 3.63) is 50.9 Å². The molecule has 1 aliphatic carbocycles. The highest BCUT2D eigenvalue weighted by molar-refractivity contribution is 7.16. The maximum absolute atomic E-state index is 12.7. The molecule has 0 unspecified atom stereocenters. The van der Waals surface area contributed by atoms with Gasteiger partial charge >= 0.3 is 0 Å². The van der Waals surface area contributed by atoms with Gasteiger partial charge in [-0.05, 0) is 42.9 Å². The zero-order valence-electron chi connectivity index (χ0n) is 18.0. The van der Waals surface area contributed by atoms with Crippen LogP contribution in [0.4, 0.5) is 5.00 Å². The van der Waals surface area contributed by atoms with E-state index in [9.17, 15) is 14.9 Å². The number of fused-ring (bicyclic) bond motifs is 1. The minimum absolute atomic E-state index is 0.0564. The normalized spacial score (nSPS) is 16.7. The van der Waals surface area contributed by atoms with Crippen LogP contribution in [-0.4, -0.2) is 54.3 Å². The Bertz CT molecular complexity index is 1040. The van der Waals surface area contributed by atoms with Crippen LogP contribution < -0.4 is 5.32 Å². The van der Waals surface area contributed by atoms with Crippen molar-refractivity contribution in [3.63, 3.8) is 0 Å². The van der Waals surface area contributed by atoms with E-state index in [1.807, 2.05) is 23.1 Å². The van der Waals surface area contributed by atoms with E-state index < -0.39 is 0 Å². The summed E-state index contributed by atoms with van der Waals surface area (Å²) in [4.78, 5) is 30.4. The number of thiophene rings is 1. The number of nitriles is 1. The highest BCUT2D eigenvalue weighted by Gasteiger charge is 2.25. The zero-order valence-corrected chi connectivity index (χ0v) is 19.6. The maximum Gasteiger partial charge on any atom is 0.239 e. The van der Waals surface area contributed by atoms with E-state index in [0.29, 0.717) is 48.2 Å². The molecule has 0 spiro atoms. The summed E-state index contributed by atoms with van der Waals surface area (Å²) in [5.41, 5.74) is 2.62. The number of carbonyl (C=O) groups is 2. The van der Waals surface area contributed by atoms with E-state index in [1.165, 1.54) is 11.3 Å². The summed E-state index contributed by atoms with van der Waals surface area (Å²) < 4.78 is 0. The van der Waals surface area contributed by atoms with Crippen molar-refractivity contribution >= 4 is 39.8 Å². The maximum atomic E-state index is 12.7. The van der Waals surface area contributed by atoms with Gasteiger partial charge in [0.1, 0.15) is 11.1 Å². The van der Waals surface area contributed by atoms with Crippen LogP contribution >= 0.6 is 22.9 Å². The van der Waals surface area contributed by atoms with Gasteiger partial charge in [-0.25, -0.2) is 0 Å². The lowest BCUT2D eigenvalue weighted by Gasteiger charge is -2.34. The van der Waals surface area contributed by atoms with Crippen molar-refractivity contribution in [3.8, 4) is 6.07 Å². The molecule has 8 heteroatoms. The molecule has 1 aromatic carbocycles. The van der Waals surface area contributed by atoms with E-state index in [0.717, 1.165) is 36.8 Å². The number of amides is 2. The van der Waals surface area contributed by atoms with Gasteiger partial charge in [-0.3, -0.25) is 14.5 Å². The van der Waals surface area contributed by atoms with Crippen LogP contribution in [0.15, 0.2) is 24.3 Å². The highest BCUT2D eigenvalue weighted by Crippen LogP contribution is 2.36.